The molecule has 2 aromatic carbocycles. The number of nitrogens with zero attached hydrogens (tertiary/aromatic N) is 1. The lowest BCUT2D eigenvalue weighted by Crippen LogP contribution is -2.47. The van der Waals surface area contributed by atoms with E-state index in [2.05, 4.69) is 5.32 Å². The van der Waals surface area contributed by atoms with Crippen LogP contribution in [0, 0.1) is 11.2 Å². The van der Waals surface area contributed by atoms with Crippen LogP contribution in [-0.2, 0) is 16.1 Å². The molecule has 1 saturated heterocycles. The van der Waals surface area contributed by atoms with E-state index in [4.69, 9.17) is 4.74 Å². The quantitative estimate of drug-likeness (QED) is 0.611. The molecule has 8 heteroatoms. The normalized spacial score (nSPS) is 26.6. The van der Waals surface area contributed by atoms with Crippen LogP contribution in [0.3, 0.4) is 0 Å². The number of likely N-dealkylation sites (tertiary alicyclic amines) is 1. The molecule has 1 saturated carbocycles. The van der Waals surface area contributed by atoms with E-state index in [1.54, 1.807) is 12.1 Å². The Balaban J connectivity index is 1.34. The Hall–Kier alpha value is -2.97. The molecule has 1 heterocycles. The molecule has 0 spiro atoms. The highest BCUT2D eigenvalue weighted by molar-refractivity contribution is 5.86. The van der Waals surface area contributed by atoms with Crippen LogP contribution < -0.4 is 5.32 Å². The van der Waals surface area contributed by atoms with Crippen molar-refractivity contribution in [1.29, 1.82) is 0 Å². The summed E-state index contributed by atoms with van der Waals surface area (Å²) in [6.07, 6.45) is -0.668. The summed E-state index contributed by atoms with van der Waals surface area (Å²) >= 11 is 0. The highest BCUT2D eigenvalue weighted by atomic mass is 19.1. The second-order valence-electron chi connectivity index (χ2n) is 8.64. The summed E-state index contributed by atoms with van der Waals surface area (Å²) in [7, 11) is 0. The highest BCUT2D eigenvalue weighted by Crippen LogP contribution is 2.58. The van der Waals surface area contributed by atoms with Crippen LogP contribution in [0.5, 0.6) is 0 Å². The van der Waals surface area contributed by atoms with Gasteiger partial charge in [0.1, 0.15) is 18.5 Å². The molecule has 3 N–H and O–H groups in total. The highest BCUT2D eigenvalue weighted by Gasteiger charge is 2.54. The molecule has 2 fully saturated rings. The molecular formula is C24H27FN2O5. The first-order chi connectivity index (χ1) is 15.4. The molecule has 32 heavy (non-hydrogen) atoms. The predicted octanol–water partition coefficient (Wildman–Crippen LogP) is 2.18. The van der Waals surface area contributed by atoms with Crippen LogP contribution in [0.25, 0.3) is 0 Å². The zero-order valence-electron chi connectivity index (χ0n) is 17.6. The van der Waals surface area contributed by atoms with Gasteiger partial charge in [0.2, 0.25) is 5.91 Å². The molecule has 1 aliphatic carbocycles. The minimum Gasteiger partial charge on any atom is -0.445 e. The van der Waals surface area contributed by atoms with Crippen LogP contribution in [0.15, 0.2) is 54.6 Å². The third-order valence-corrected chi connectivity index (χ3v) is 6.41. The van der Waals surface area contributed by atoms with Crippen molar-refractivity contribution >= 4 is 12.0 Å². The van der Waals surface area contributed by atoms with Gasteiger partial charge in [-0.1, -0.05) is 42.5 Å². The van der Waals surface area contributed by atoms with Gasteiger partial charge in [-0.2, -0.15) is 0 Å². The molecule has 0 bridgehead atoms. The van der Waals surface area contributed by atoms with E-state index < -0.39 is 29.6 Å². The summed E-state index contributed by atoms with van der Waals surface area (Å²) in [5, 5.41) is 22.8. The first kappa shape index (κ1) is 22.2. The number of benzene rings is 2. The largest absolute Gasteiger partial charge is 0.445 e. The Morgan fingerprint density at radius 3 is 2.56 bits per heavy atom. The van der Waals surface area contributed by atoms with E-state index in [-0.39, 0.29) is 44.5 Å². The maximum absolute atomic E-state index is 13.2. The van der Waals surface area contributed by atoms with E-state index in [9.17, 15) is 24.2 Å². The number of halogens is 1. The Kier molecular flexibility index (Phi) is 6.43. The Labute approximate surface area is 185 Å². The molecule has 4 rings (SSSR count). The lowest BCUT2D eigenvalue weighted by Gasteiger charge is -2.24. The monoisotopic (exact) mass is 442 g/mol. The first-order valence-corrected chi connectivity index (χ1v) is 10.7. The molecule has 2 unspecified atom stereocenters. The summed E-state index contributed by atoms with van der Waals surface area (Å²) in [6, 6.07) is 14.5. The smallest absolute Gasteiger partial charge is 0.410 e. The van der Waals surface area contributed by atoms with Crippen molar-refractivity contribution < 1.29 is 28.9 Å². The number of ether oxygens (including phenoxy) is 1. The fraction of sp³-hybridized carbons (Fsp3) is 0.417. The van der Waals surface area contributed by atoms with Gasteiger partial charge in [0.25, 0.3) is 0 Å². The van der Waals surface area contributed by atoms with Crippen molar-refractivity contribution in [2.75, 3.05) is 19.7 Å². The number of carbonyl (C=O) groups excluding carboxylic acids is 2. The number of hydrogen-bond donors (Lipinski definition) is 3. The summed E-state index contributed by atoms with van der Waals surface area (Å²) in [4.78, 5) is 26.7. The number of amides is 2. The minimum absolute atomic E-state index is 0.0227. The number of aliphatic hydroxyl groups is 2. The number of hydrogen-bond acceptors (Lipinski definition) is 5. The molecule has 0 aromatic heterocycles. The van der Waals surface area contributed by atoms with Crippen molar-refractivity contribution in [3.8, 4) is 0 Å². The van der Waals surface area contributed by atoms with Crippen LogP contribution in [0.4, 0.5) is 9.18 Å². The maximum Gasteiger partial charge on any atom is 0.410 e. The topological polar surface area (TPSA) is 99.1 Å². The third kappa shape index (κ3) is 4.76. The number of β-amino-alcohol motifs (C(OH)–C–C–N with tert-alkyl or cyclic N) is 1. The van der Waals surface area contributed by atoms with Gasteiger partial charge in [-0.3, -0.25) is 9.69 Å². The van der Waals surface area contributed by atoms with Crippen LogP contribution in [0.2, 0.25) is 0 Å². The molecule has 170 valence electrons. The molecular weight excluding hydrogens is 415 g/mol. The van der Waals surface area contributed by atoms with Crippen LogP contribution >= 0.6 is 0 Å². The van der Waals surface area contributed by atoms with E-state index in [1.807, 2.05) is 30.3 Å². The van der Waals surface area contributed by atoms with E-state index >= 15 is 0 Å². The van der Waals surface area contributed by atoms with Crippen LogP contribution in [0.1, 0.15) is 29.9 Å². The molecule has 1 aliphatic heterocycles. The molecule has 4 atom stereocenters. The summed E-state index contributed by atoms with van der Waals surface area (Å²) < 4.78 is 18.5. The Morgan fingerprint density at radius 1 is 1.16 bits per heavy atom. The molecule has 0 radical (unpaired) electrons. The summed E-state index contributed by atoms with van der Waals surface area (Å²) in [5.74, 6) is -0.693. The third-order valence-electron chi connectivity index (χ3n) is 6.41. The molecule has 2 amide bonds. The van der Waals surface area contributed by atoms with E-state index in [0.717, 1.165) is 11.1 Å². The van der Waals surface area contributed by atoms with Crippen molar-refractivity contribution in [1.82, 2.24) is 10.2 Å². The number of rotatable bonds is 7. The lowest BCUT2D eigenvalue weighted by atomic mass is 9.99. The zero-order valence-corrected chi connectivity index (χ0v) is 17.6. The van der Waals surface area contributed by atoms with Crippen LogP contribution in [-0.4, -0.2) is 59.0 Å². The van der Waals surface area contributed by atoms with Gasteiger partial charge in [0.05, 0.1) is 19.3 Å². The number of aliphatic hydroxyl groups excluding tert-OH is 2. The fourth-order valence-corrected chi connectivity index (χ4v) is 4.39. The fourth-order valence-electron chi connectivity index (χ4n) is 4.39. The first-order valence-electron chi connectivity index (χ1n) is 10.7. The summed E-state index contributed by atoms with van der Waals surface area (Å²) in [5.41, 5.74) is 1.23. The van der Waals surface area contributed by atoms with Gasteiger partial charge in [0, 0.05) is 18.4 Å². The van der Waals surface area contributed by atoms with Crippen molar-refractivity contribution in [3.05, 3.63) is 71.5 Å². The van der Waals surface area contributed by atoms with Crippen molar-refractivity contribution in [2.24, 2.45) is 5.41 Å². The van der Waals surface area contributed by atoms with E-state index in [0.29, 0.717) is 6.42 Å². The predicted molar refractivity (Wildman–Crippen MR) is 114 cm³/mol. The average molecular weight is 442 g/mol. The van der Waals surface area contributed by atoms with Gasteiger partial charge < -0.3 is 20.3 Å². The zero-order chi connectivity index (χ0) is 22.7. The SMILES string of the molecule is O=C(NCC1(CO)CC1c1ccc(F)cc1)[C@@H]1C[C@@H](O)CN1C(=O)OCc1ccccc1. The van der Waals surface area contributed by atoms with Gasteiger partial charge in [-0.05, 0) is 35.6 Å². The van der Waals surface area contributed by atoms with Gasteiger partial charge in [-0.25, -0.2) is 9.18 Å². The molecule has 2 aliphatic rings. The minimum atomic E-state index is -0.841. The van der Waals surface area contributed by atoms with Crippen molar-refractivity contribution in [3.63, 3.8) is 0 Å². The standard InChI is InChI=1S/C24H27FN2O5/c25-18-8-6-17(7-9-18)20-11-24(20,15-28)14-26-22(30)21-10-19(29)12-27(21)23(31)32-13-16-4-2-1-3-5-16/h1-9,19-21,28-29H,10-15H2,(H,26,30)/t19-,20?,21+,24?/m1/s1. The Bertz CT molecular complexity index is 955. The second kappa shape index (κ2) is 9.26. The molecule has 7 nitrogen and oxygen atoms in total. The second-order valence-corrected chi connectivity index (χ2v) is 8.64. The number of nitrogens with one attached hydrogen (secondary N) is 1. The summed E-state index contributed by atoms with van der Waals surface area (Å²) in [6.45, 7) is 0.206. The Morgan fingerprint density at radius 2 is 1.88 bits per heavy atom. The lowest BCUT2D eigenvalue weighted by molar-refractivity contribution is -0.125. The van der Waals surface area contributed by atoms with Crippen molar-refractivity contribution in [2.45, 2.75) is 37.5 Å². The number of carbonyl (C=O) groups is 2. The van der Waals surface area contributed by atoms with Gasteiger partial charge in [-0.15, -0.1) is 0 Å². The van der Waals surface area contributed by atoms with E-state index in [1.165, 1.54) is 17.0 Å². The molecule has 2 aromatic rings. The average Bonchev–Trinajstić information content (AvgIpc) is 3.41. The maximum atomic E-state index is 13.2. The van der Waals surface area contributed by atoms with Gasteiger partial charge in [0.15, 0.2) is 0 Å². The van der Waals surface area contributed by atoms with Gasteiger partial charge >= 0.3 is 6.09 Å².